The molecule has 0 amide bonds. The van der Waals surface area contributed by atoms with Crippen molar-refractivity contribution in [2.24, 2.45) is 18.2 Å². The molecule has 506 valence electrons. The Morgan fingerprint density at radius 2 is 0.957 bits per heavy atom. The van der Waals surface area contributed by atoms with Crippen molar-refractivity contribution in [1.82, 2.24) is 51.7 Å². The number of rotatable bonds is 11. The molecule has 5 aromatic heterocycles. The summed E-state index contributed by atoms with van der Waals surface area (Å²) in [5, 5.41) is 17.9. The van der Waals surface area contributed by atoms with Gasteiger partial charge in [0, 0.05) is 16.4 Å². The molecule has 0 radical (unpaired) electrons. The number of alkyl halides is 7. The van der Waals surface area contributed by atoms with E-state index in [9.17, 15) is 64.4 Å². The Kier molecular flexibility index (Phi) is 16.4. The number of imidazole rings is 1. The Morgan fingerprint density at radius 1 is 0.574 bits per heavy atom. The molecule has 2 aromatic carbocycles. The van der Waals surface area contributed by atoms with Gasteiger partial charge in [0.05, 0.1) is 64.3 Å². The summed E-state index contributed by atoms with van der Waals surface area (Å²) in [6, 6.07) is 13.6. The lowest BCUT2D eigenvalue weighted by Crippen LogP contribution is -2.60. The molecule has 8 fully saturated rings. The molecule has 4 aliphatic heterocycles. The second kappa shape index (κ2) is 22.9. The van der Waals surface area contributed by atoms with E-state index < -0.39 is 99.3 Å². The van der Waals surface area contributed by atoms with Crippen LogP contribution in [0.2, 0.25) is 0 Å². The molecule has 0 unspecified atom stereocenters. The third-order valence-electron chi connectivity index (χ3n) is 19.3. The minimum absolute atomic E-state index is 0.0293. The molecule has 94 heavy (non-hydrogen) atoms. The van der Waals surface area contributed by atoms with Crippen molar-refractivity contribution in [3.63, 3.8) is 0 Å². The molecule has 6 aliphatic carbocycles. The van der Waals surface area contributed by atoms with Crippen LogP contribution in [0.25, 0.3) is 11.3 Å². The summed E-state index contributed by atoms with van der Waals surface area (Å²) in [6.07, 6.45) is 21.5. The zero-order valence-electron chi connectivity index (χ0n) is 50.6. The van der Waals surface area contributed by atoms with Crippen molar-refractivity contribution < 1.29 is 89.9 Å². The maximum Gasteiger partial charge on any atom is 0.485 e. The zero-order chi connectivity index (χ0) is 67.8. The highest BCUT2D eigenvalue weighted by atomic mass is 32.2. The van der Waals surface area contributed by atoms with E-state index in [2.05, 4.69) is 34.8 Å². The van der Waals surface area contributed by atoms with Gasteiger partial charge in [-0.25, -0.2) is 39.0 Å². The summed E-state index contributed by atoms with van der Waals surface area (Å²) >= 11 is 0. The third kappa shape index (κ3) is 12.1. The zero-order valence-corrected chi connectivity index (χ0v) is 54.7. The van der Waals surface area contributed by atoms with Gasteiger partial charge in [-0.3, -0.25) is 8.80 Å². The first kappa shape index (κ1) is 67.2. The fraction of sp³-hybridized carbons (Fsp3) is 0.518. The molecule has 7 aromatic rings. The minimum atomic E-state index is -6.09. The number of hydrogen-bond acceptors (Lipinski definition) is 18. The highest BCUT2D eigenvalue weighted by Gasteiger charge is 2.57. The number of sulfonamides is 3. The average Bonchev–Trinajstić information content (AvgIpc) is 1.42. The van der Waals surface area contributed by atoms with Crippen molar-refractivity contribution in [3.8, 4) is 0 Å². The maximum atomic E-state index is 13.5. The Labute approximate surface area is 535 Å². The largest absolute Gasteiger partial charge is 0.741 e. The molecular formula is C56H64F7N15O11S5+2. The number of nitrogens with zero attached hydrogens (tertiary/aromatic N) is 14. The topological polar surface area (TPSA) is 327 Å². The van der Waals surface area contributed by atoms with Crippen LogP contribution < -0.4 is 10.3 Å². The molecule has 10 aliphatic rings. The summed E-state index contributed by atoms with van der Waals surface area (Å²) < 4.78 is 224. The average molecular weight is 1420 g/mol. The first-order valence-electron chi connectivity index (χ1n) is 29.7. The molecule has 2 saturated heterocycles. The van der Waals surface area contributed by atoms with E-state index in [-0.39, 0.29) is 31.9 Å². The highest BCUT2D eigenvalue weighted by molar-refractivity contribution is 7.89. The second-order valence-corrected chi connectivity index (χ2v) is 34.5. The summed E-state index contributed by atoms with van der Waals surface area (Å²) in [6.45, 7) is 0.895. The van der Waals surface area contributed by atoms with E-state index in [0.717, 1.165) is 79.6 Å². The van der Waals surface area contributed by atoms with Crippen molar-refractivity contribution >= 4 is 85.8 Å². The van der Waals surface area contributed by atoms with Gasteiger partial charge in [-0.05, 0) is 131 Å². The predicted molar refractivity (Wildman–Crippen MR) is 318 cm³/mol. The molecule has 9 heterocycles. The van der Waals surface area contributed by atoms with Crippen LogP contribution in [0.1, 0.15) is 111 Å². The van der Waals surface area contributed by atoms with E-state index in [4.69, 9.17) is 18.7 Å². The van der Waals surface area contributed by atoms with Crippen LogP contribution in [0, 0.1) is 19.3 Å². The summed E-state index contributed by atoms with van der Waals surface area (Å²) in [5.74, 6) is -3.48. The summed E-state index contributed by atoms with van der Waals surface area (Å²) in [7, 11) is -19.6. The van der Waals surface area contributed by atoms with Crippen LogP contribution in [-0.2, 0) is 81.1 Å². The van der Waals surface area contributed by atoms with Crippen molar-refractivity contribution in [2.75, 3.05) is 31.9 Å². The molecule has 4 bridgehead atoms. The normalized spacial score (nSPS) is 25.5. The number of hydrogen-bond donors (Lipinski definition) is 1. The number of benzene rings is 2. The summed E-state index contributed by atoms with van der Waals surface area (Å²) in [5.41, 5.74) is 4.75. The first-order chi connectivity index (χ1) is 43.7. The van der Waals surface area contributed by atoms with Gasteiger partial charge in [0.15, 0.2) is 22.5 Å². The fourth-order valence-corrected chi connectivity index (χ4v) is 20.0. The molecule has 26 nitrogen and oxygen atoms in total. The van der Waals surface area contributed by atoms with Gasteiger partial charge in [0.2, 0.25) is 21.3 Å². The number of aromatic nitrogens is 10. The van der Waals surface area contributed by atoms with Crippen LogP contribution in [0.5, 0.6) is 0 Å². The van der Waals surface area contributed by atoms with Crippen LogP contribution in [0.4, 0.5) is 42.4 Å². The number of nitrogens with two attached hydrogens (primary N) is 1. The standard InChI is InChI=1S/C26H29F2N6O4S2.C22H25N6O2S.C7H10F2N3O2S.CHF3O3S/c1-18-2-4-19(5-3-18)40(37,38)33-13-6-20-22(33)29-14-21-30-31-23(34(20)21)25-10-7-24(8-11-25,9-12-25)17-39(35,36)32-15-26(27,28)16-32;1-15-2-4-16(5-3-15)31(29,30)27-13-6-17-19(27)24-14-18-25-26-20(28(17)18)21-7-10-22(23,11-8-21)12-9-21;1-10-2-3-11(6-10)15(13,14)12-4-7(8,9)5-12;2-1(3,4)8(5,6)7/h2-5,13-14H,6-12,15-17H2,1H3;2-5,13-14H,6-12,23H2,1H3;2-3,6H,4-5H2,1H3;(H,5,6,7)/q3*+1;/p-1. The molecule has 0 atom stereocenters. The Balaban J connectivity index is 0.000000138. The van der Waals surface area contributed by atoms with E-state index in [0.29, 0.717) is 80.0 Å². The number of fused-ring (bicyclic) bond motifs is 12. The SMILES string of the molecule is C[n+]1ccn(S(=O)(=O)N2CC(F)(F)C2)c1.Cc1ccc(S(=O)(=O)[N+]2=CCc3c2ncc2nnc(C45CCC(CS(=O)(=O)N6CC(F)(F)C6)(CC4)CC5)n32)cc1.Cc1ccc(S(=O)(=O)[N+]2=CCc3c2ncc2nnc(C45CCC(N)(CC4)CC5)n32)cc1.O=S(=O)([O-])C(F)(F)F. The molecule has 17 rings (SSSR count). The maximum absolute atomic E-state index is 13.5. The van der Waals surface area contributed by atoms with E-state index in [1.807, 2.05) is 18.2 Å². The van der Waals surface area contributed by atoms with Gasteiger partial charge in [-0.15, -0.1) is 32.3 Å². The lowest BCUT2D eigenvalue weighted by Gasteiger charge is -2.53. The van der Waals surface area contributed by atoms with Crippen molar-refractivity contribution in [1.29, 1.82) is 0 Å². The lowest BCUT2D eigenvalue weighted by molar-refractivity contribution is -0.670. The highest BCUT2D eigenvalue weighted by Crippen LogP contribution is 2.59. The molecule has 2 N–H and O–H groups in total. The minimum Gasteiger partial charge on any atom is -0.741 e. The lowest BCUT2D eigenvalue weighted by atomic mass is 9.54. The van der Waals surface area contributed by atoms with Gasteiger partial charge in [-0.2, -0.15) is 47.0 Å². The van der Waals surface area contributed by atoms with E-state index in [1.54, 1.807) is 74.2 Å². The number of aryl methyl sites for hydroxylation is 3. The van der Waals surface area contributed by atoms with Crippen molar-refractivity contribution in [2.45, 2.75) is 147 Å². The Hall–Kier alpha value is -6.81. The van der Waals surface area contributed by atoms with Crippen LogP contribution in [0.15, 0.2) is 89.4 Å². The molecule has 0 spiro atoms. The van der Waals surface area contributed by atoms with E-state index in [1.165, 1.54) is 37.4 Å². The van der Waals surface area contributed by atoms with Crippen molar-refractivity contribution in [3.05, 3.63) is 114 Å². The molecule has 6 saturated carbocycles. The Morgan fingerprint density at radius 3 is 1.32 bits per heavy atom. The second-order valence-electron chi connectivity index (χ2n) is 25.7. The van der Waals surface area contributed by atoms with Gasteiger partial charge in [0.1, 0.15) is 45.2 Å². The van der Waals surface area contributed by atoms with Crippen LogP contribution >= 0.6 is 0 Å². The van der Waals surface area contributed by atoms with Gasteiger partial charge < -0.3 is 10.3 Å². The fourth-order valence-electron chi connectivity index (χ4n) is 13.7. The van der Waals surface area contributed by atoms with Crippen LogP contribution in [-0.4, -0.2) is 174 Å². The van der Waals surface area contributed by atoms with Gasteiger partial charge in [-0.1, -0.05) is 35.4 Å². The molecule has 38 heteroatoms. The quantitative estimate of drug-likeness (QED) is 0.0789. The monoisotopic (exact) mass is 1420 g/mol. The predicted octanol–water partition coefficient (Wildman–Crippen LogP) is 4.77. The van der Waals surface area contributed by atoms with Gasteiger partial charge >= 0.3 is 47.4 Å². The smallest absolute Gasteiger partial charge is 0.485 e. The summed E-state index contributed by atoms with van der Waals surface area (Å²) in [4.78, 5) is 9.37. The van der Waals surface area contributed by atoms with Crippen LogP contribution in [0.3, 0.4) is 0 Å². The third-order valence-corrected chi connectivity index (χ3v) is 27.0. The van der Waals surface area contributed by atoms with E-state index >= 15 is 0 Å². The Bertz CT molecular complexity index is 4810. The van der Waals surface area contributed by atoms with Gasteiger partial charge in [0.25, 0.3) is 18.2 Å². The molecular weight excluding hydrogens is 1350 g/mol. The first-order valence-corrected chi connectivity index (χ1v) is 36.9. The number of halogens is 7.